The second-order valence-corrected chi connectivity index (χ2v) is 9.01. The van der Waals surface area contributed by atoms with Gasteiger partial charge in [-0.2, -0.15) is 4.79 Å². The summed E-state index contributed by atoms with van der Waals surface area (Å²) in [5, 5.41) is 7.92. The average molecular weight is 488 g/mol. The number of alkyl carbamates (subject to hydrolysis) is 1. The van der Waals surface area contributed by atoms with Crippen molar-refractivity contribution in [2.24, 2.45) is 11.8 Å². The average Bonchev–Trinajstić information content (AvgIpc) is 2.82. The maximum atomic E-state index is 13.0. The minimum Gasteiger partial charge on any atom is -0.445 e. The summed E-state index contributed by atoms with van der Waals surface area (Å²) < 4.78 is 5.22. The van der Waals surface area contributed by atoms with Gasteiger partial charge in [-0.05, 0) is 23.8 Å². The fourth-order valence-corrected chi connectivity index (χ4v) is 3.31. The summed E-state index contributed by atoms with van der Waals surface area (Å²) in [4.78, 5) is 53.3. The van der Waals surface area contributed by atoms with Gasteiger partial charge in [0, 0.05) is 0 Å². The van der Waals surface area contributed by atoms with E-state index in [-0.39, 0.29) is 18.4 Å². The highest BCUT2D eigenvalue weighted by Gasteiger charge is 2.32. The van der Waals surface area contributed by atoms with Gasteiger partial charge in [-0.1, -0.05) is 77.8 Å². The molecule has 0 spiro atoms. The van der Waals surface area contributed by atoms with E-state index in [4.69, 9.17) is 10.3 Å². The maximum Gasteiger partial charge on any atom is 0.408 e. The number of rotatable bonds is 14. The number of Topliss-reactive ketones (excluding diaryl/α,β-unsaturated/α-hetero) is 1. The minimum absolute atomic E-state index is 0.0560. The predicted molar refractivity (Wildman–Crippen MR) is 131 cm³/mol. The highest BCUT2D eigenvalue weighted by molar-refractivity contribution is 6.28. The van der Waals surface area contributed by atoms with E-state index in [2.05, 4.69) is 20.7 Å². The molecule has 0 aromatic heterocycles. The highest BCUT2D eigenvalue weighted by Crippen LogP contribution is 2.09. The smallest absolute Gasteiger partial charge is 0.408 e. The Balaban J connectivity index is 2.85. The Labute approximate surface area is 206 Å². The molecule has 0 fully saturated rings. The van der Waals surface area contributed by atoms with Crippen LogP contribution in [0.2, 0.25) is 0 Å². The third-order valence-electron chi connectivity index (χ3n) is 5.37. The van der Waals surface area contributed by atoms with Gasteiger partial charge in [-0.25, -0.2) is 4.79 Å². The summed E-state index contributed by atoms with van der Waals surface area (Å²) in [6.45, 7) is 9.05. The van der Waals surface area contributed by atoms with Crippen LogP contribution in [0.4, 0.5) is 4.79 Å². The molecule has 10 heteroatoms. The minimum atomic E-state index is -0.950. The van der Waals surface area contributed by atoms with Crippen molar-refractivity contribution in [3.8, 4) is 0 Å². The molecule has 3 amide bonds. The van der Waals surface area contributed by atoms with Crippen LogP contribution in [0.3, 0.4) is 0 Å². The molecule has 0 aliphatic rings. The van der Waals surface area contributed by atoms with Crippen molar-refractivity contribution in [1.29, 1.82) is 0 Å². The normalized spacial score (nSPS) is 13.2. The number of benzene rings is 1. The van der Waals surface area contributed by atoms with Crippen LogP contribution < -0.4 is 16.0 Å². The zero-order chi connectivity index (χ0) is 26.4. The highest BCUT2D eigenvalue weighted by atomic mass is 16.5. The number of amides is 3. The SMILES string of the molecule is CCCCC(NC(=O)[C@@H](NC(=O)[C@@H](NC(=O)OCc1ccccc1)C(C)C)C(C)C)C(=O)C=[N+]=[N-]. The molecule has 1 aromatic rings. The second-order valence-electron chi connectivity index (χ2n) is 9.01. The van der Waals surface area contributed by atoms with Gasteiger partial charge in [0.05, 0.1) is 6.04 Å². The van der Waals surface area contributed by atoms with Gasteiger partial charge < -0.3 is 26.2 Å². The van der Waals surface area contributed by atoms with Gasteiger partial charge in [0.15, 0.2) is 0 Å². The molecule has 35 heavy (non-hydrogen) atoms. The Hall–Kier alpha value is -3.52. The zero-order valence-corrected chi connectivity index (χ0v) is 21.1. The molecule has 10 nitrogen and oxygen atoms in total. The van der Waals surface area contributed by atoms with Crippen LogP contribution >= 0.6 is 0 Å². The molecule has 0 aliphatic carbocycles. The first-order chi connectivity index (χ1) is 16.6. The molecule has 0 aliphatic heterocycles. The number of carbonyl (C=O) groups is 4. The van der Waals surface area contributed by atoms with Crippen molar-refractivity contribution in [3.63, 3.8) is 0 Å². The number of hydrogen-bond acceptors (Lipinski definition) is 5. The summed E-state index contributed by atoms with van der Waals surface area (Å²) in [7, 11) is 0. The third-order valence-corrected chi connectivity index (χ3v) is 5.37. The lowest BCUT2D eigenvalue weighted by molar-refractivity contribution is -0.133. The number of ketones is 1. The topological polar surface area (TPSA) is 150 Å². The molecule has 1 unspecified atom stereocenters. The Morgan fingerprint density at radius 1 is 0.943 bits per heavy atom. The van der Waals surface area contributed by atoms with Crippen molar-refractivity contribution >= 4 is 29.9 Å². The van der Waals surface area contributed by atoms with Gasteiger partial charge in [-0.3, -0.25) is 14.4 Å². The molecule has 0 radical (unpaired) electrons. The summed E-state index contributed by atoms with van der Waals surface area (Å²) in [6.07, 6.45) is 1.86. The third kappa shape index (κ3) is 10.5. The van der Waals surface area contributed by atoms with Crippen LogP contribution in [0.25, 0.3) is 5.53 Å². The number of nitrogens with zero attached hydrogens (tertiary/aromatic N) is 2. The van der Waals surface area contributed by atoms with Crippen LogP contribution in [-0.4, -0.2) is 52.8 Å². The van der Waals surface area contributed by atoms with E-state index in [1.54, 1.807) is 27.7 Å². The lowest BCUT2D eigenvalue weighted by atomic mass is 9.98. The molecule has 3 atom stereocenters. The first-order valence-corrected chi connectivity index (χ1v) is 11.9. The standard InChI is InChI=1S/C25H37N5O5/c1-6-7-13-19(20(31)14-27-26)28-23(32)21(16(2)3)29-24(33)22(17(4)5)30-25(34)35-15-18-11-9-8-10-12-18/h8-12,14,16-17,19,21-22H,6-7,13,15H2,1-5H3,(H,28,32)(H,29,33)(H,30,34)/t19?,21-,22-/m0/s1. The van der Waals surface area contributed by atoms with E-state index in [1.165, 1.54) is 0 Å². The molecule has 1 rings (SSSR count). The Bertz CT molecular complexity index is 897. The van der Waals surface area contributed by atoms with Crippen LogP contribution in [0, 0.1) is 11.8 Å². The van der Waals surface area contributed by atoms with Crippen molar-refractivity contribution in [1.82, 2.24) is 16.0 Å². The van der Waals surface area contributed by atoms with E-state index in [1.807, 2.05) is 37.3 Å². The maximum absolute atomic E-state index is 13.0. The van der Waals surface area contributed by atoms with Crippen LogP contribution in [0.5, 0.6) is 0 Å². The fraction of sp³-hybridized carbons (Fsp3) is 0.560. The van der Waals surface area contributed by atoms with E-state index in [9.17, 15) is 19.2 Å². The van der Waals surface area contributed by atoms with Crippen molar-refractivity contribution < 1.29 is 28.7 Å². The summed E-state index contributed by atoms with van der Waals surface area (Å²) >= 11 is 0. The largest absolute Gasteiger partial charge is 0.445 e. The molecule has 192 valence electrons. The summed E-state index contributed by atoms with van der Waals surface area (Å²) in [5.41, 5.74) is 9.49. The number of ether oxygens (including phenoxy) is 1. The van der Waals surface area contributed by atoms with Crippen LogP contribution in [0.1, 0.15) is 59.4 Å². The van der Waals surface area contributed by atoms with Gasteiger partial charge >= 0.3 is 12.3 Å². The fourth-order valence-electron chi connectivity index (χ4n) is 3.31. The number of unbranched alkanes of at least 4 members (excludes halogenated alkanes) is 1. The van der Waals surface area contributed by atoms with E-state index < -0.39 is 41.8 Å². The Kier molecular flexibility index (Phi) is 13.0. The second kappa shape index (κ2) is 15.4. The molecule has 3 N–H and O–H groups in total. The monoisotopic (exact) mass is 487 g/mol. The first-order valence-electron chi connectivity index (χ1n) is 11.9. The van der Waals surface area contributed by atoms with Crippen molar-refractivity contribution in [2.75, 3.05) is 0 Å². The summed E-state index contributed by atoms with van der Waals surface area (Å²) in [6, 6.07) is 6.38. The van der Waals surface area contributed by atoms with Gasteiger partial charge in [0.1, 0.15) is 18.7 Å². The number of nitrogens with one attached hydrogen (secondary N) is 3. The Morgan fingerprint density at radius 2 is 1.51 bits per heavy atom. The van der Waals surface area contributed by atoms with Crippen LogP contribution in [-0.2, 0) is 25.7 Å². The van der Waals surface area contributed by atoms with Crippen molar-refractivity contribution in [2.45, 2.75) is 78.6 Å². The van der Waals surface area contributed by atoms with Gasteiger partial charge in [0.2, 0.25) is 11.8 Å². The molecule has 1 aromatic carbocycles. The van der Waals surface area contributed by atoms with Gasteiger partial charge in [-0.15, -0.1) is 0 Å². The predicted octanol–water partition coefficient (Wildman–Crippen LogP) is 2.62. The summed E-state index contributed by atoms with van der Waals surface area (Å²) in [5.74, 6) is -2.20. The first kappa shape index (κ1) is 29.5. The molecule has 0 saturated heterocycles. The lowest BCUT2D eigenvalue weighted by Crippen LogP contribution is -2.58. The molecule has 0 saturated carbocycles. The van der Waals surface area contributed by atoms with Crippen molar-refractivity contribution in [3.05, 3.63) is 41.4 Å². The molecule has 0 heterocycles. The number of carbonyl (C=O) groups excluding carboxylic acids is 4. The molecular formula is C25H37N5O5. The molecule has 0 bridgehead atoms. The quantitative estimate of drug-likeness (QED) is 0.209. The van der Waals surface area contributed by atoms with E-state index in [0.717, 1.165) is 18.2 Å². The molecular weight excluding hydrogens is 450 g/mol. The van der Waals surface area contributed by atoms with Crippen LogP contribution in [0.15, 0.2) is 30.3 Å². The lowest BCUT2D eigenvalue weighted by Gasteiger charge is -2.27. The Morgan fingerprint density at radius 3 is 2.06 bits per heavy atom. The zero-order valence-electron chi connectivity index (χ0n) is 21.1. The van der Waals surface area contributed by atoms with Gasteiger partial charge in [0.25, 0.3) is 5.78 Å². The van der Waals surface area contributed by atoms with E-state index in [0.29, 0.717) is 12.8 Å². The van der Waals surface area contributed by atoms with E-state index >= 15 is 0 Å². The number of hydrogen-bond donors (Lipinski definition) is 3.